The third kappa shape index (κ3) is 6.85. The van der Waals surface area contributed by atoms with Crippen LogP contribution in [0.15, 0.2) is 0 Å². The summed E-state index contributed by atoms with van der Waals surface area (Å²) in [6, 6.07) is 0. The van der Waals surface area contributed by atoms with E-state index in [-0.39, 0.29) is 25.0 Å². The molecule has 0 spiro atoms. The van der Waals surface area contributed by atoms with Crippen LogP contribution >= 0.6 is 0 Å². The minimum atomic E-state index is -0.933. The fourth-order valence-electron chi connectivity index (χ4n) is 1.26. The number of alkyl carbamates (subject to hydrolysis) is 1. The number of carbonyl (C=O) groups excluding carboxylic acids is 2. The van der Waals surface area contributed by atoms with Gasteiger partial charge in [0.15, 0.2) is 0 Å². The Kier molecular flexibility index (Phi) is 6.32. The normalized spacial score (nSPS) is 11.2. The molecule has 0 aromatic heterocycles. The lowest BCUT2D eigenvalue weighted by Gasteiger charge is -2.34. The molecule has 0 radical (unpaired) electrons. The predicted molar refractivity (Wildman–Crippen MR) is 64.1 cm³/mol. The molecule has 0 rings (SSSR count). The van der Waals surface area contributed by atoms with Crippen molar-refractivity contribution < 1.29 is 24.2 Å². The molecule has 0 saturated heterocycles. The van der Waals surface area contributed by atoms with E-state index in [1.54, 1.807) is 4.90 Å². The summed E-state index contributed by atoms with van der Waals surface area (Å²) in [4.78, 5) is 34.6. The topological polar surface area (TPSA) is 95.9 Å². The summed E-state index contributed by atoms with van der Waals surface area (Å²) in [6.45, 7) is 5.75. The van der Waals surface area contributed by atoms with E-state index in [2.05, 4.69) is 4.74 Å². The Morgan fingerprint density at radius 2 is 1.83 bits per heavy atom. The van der Waals surface area contributed by atoms with Crippen LogP contribution in [-0.2, 0) is 14.3 Å². The van der Waals surface area contributed by atoms with E-state index in [1.807, 2.05) is 26.1 Å². The standard InChI is InChI=1S/C11H20N2O5/c1-11(2,3)13(6-5-9(15)16)7-8(14)12-10(17)18-4/h5-7H2,1-4H3,(H,15,16)(H,12,14,17). The van der Waals surface area contributed by atoms with Crippen LogP contribution in [0.1, 0.15) is 27.2 Å². The minimum absolute atomic E-state index is 0.0636. The van der Waals surface area contributed by atoms with Crippen LogP contribution in [0.25, 0.3) is 0 Å². The number of amides is 2. The molecule has 7 nitrogen and oxygen atoms in total. The number of ether oxygens (including phenoxy) is 1. The van der Waals surface area contributed by atoms with Gasteiger partial charge in [0.25, 0.3) is 0 Å². The van der Waals surface area contributed by atoms with Crippen molar-refractivity contribution in [3.05, 3.63) is 0 Å². The molecule has 0 aromatic rings. The quantitative estimate of drug-likeness (QED) is 0.744. The molecule has 7 heteroatoms. The van der Waals surface area contributed by atoms with Crippen molar-refractivity contribution in [2.45, 2.75) is 32.7 Å². The molecule has 0 heterocycles. The van der Waals surface area contributed by atoms with Gasteiger partial charge < -0.3 is 9.84 Å². The second-order valence-corrected chi connectivity index (χ2v) is 4.78. The largest absolute Gasteiger partial charge is 0.481 e. The average molecular weight is 260 g/mol. The van der Waals surface area contributed by atoms with E-state index < -0.39 is 18.0 Å². The third-order valence-electron chi connectivity index (χ3n) is 2.31. The zero-order valence-corrected chi connectivity index (χ0v) is 11.1. The fourth-order valence-corrected chi connectivity index (χ4v) is 1.26. The van der Waals surface area contributed by atoms with Gasteiger partial charge in [0.1, 0.15) is 0 Å². The fraction of sp³-hybridized carbons (Fsp3) is 0.727. The monoisotopic (exact) mass is 260 g/mol. The van der Waals surface area contributed by atoms with Gasteiger partial charge in [0.05, 0.1) is 20.1 Å². The van der Waals surface area contributed by atoms with E-state index in [4.69, 9.17) is 5.11 Å². The van der Waals surface area contributed by atoms with Gasteiger partial charge in [-0.15, -0.1) is 0 Å². The lowest BCUT2D eigenvalue weighted by Crippen LogP contribution is -2.48. The Morgan fingerprint density at radius 1 is 1.28 bits per heavy atom. The molecule has 0 fully saturated rings. The molecule has 2 N–H and O–H groups in total. The van der Waals surface area contributed by atoms with Gasteiger partial charge in [0.2, 0.25) is 5.91 Å². The summed E-state index contributed by atoms with van der Waals surface area (Å²) >= 11 is 0. The van der Waals surface area contributed by atoms with Crippen molar-refractivity contribution >= 4 is 18.0 Å². The number of hydrogen-bond donors (Lipinski definition) is 2. The number of carbonyl (C=O) groups is 3. The molecule has 2 amide bonds. The first kappa shape index (κ1) is 16.4. The molecule has 0 aliphatic rings. The molecular weight excluding hydrogens is 240 g/mol. The predicted octanol–water partition coefficient (Wildman–Crippen LogP) is 0.444. The number of imide groups is 1. The molecule has 0 bridgehead atoms. The first-order valence-corrected chi connectivity index (χ1v) is 5.51. The smallest absolute Gasteiger partial charge is 0.413 e. The SMILES string of the molecule is COC(=O)NC(=O)CN(CCC(=O)O)C(C)(C)C. The molecule has 104 valence electrons. The van der Waals surface area contributed by atoms with Crippen LogP contribution in [0.2, 0.25) is 0 Å². The first-order valence-electron chi connectivity index (χ1n) is 5.51. The number of rotatable bonds is 5. The summed E-state index contributed by atoms with van der Waals surface area (Å²) in [7, 11) is 1.16. The van der Waals surface area contributed by atoms with Crippen molar-refractivity contribution in [1.29, 1.82) is 0 Å². The maximum Gasteiger partial charge on any atom is 0.413 e. The lowest BCUT2D eigenvalue weighted by molar-refractivity contribution is -0.138. The summed E-state index contributed by atoms with van der Waals surface area (Å²) in [5.74, 6) is -1.46. The van der Waals surface area contributed by atoms with Crippen molar-refractivity contribution in [3.63, 3.8) is 0 Å². The molecule has 0 unspecified atom stereocenters. The van der Waals surface area contributed by atoms with Crippen molar-refractivity contribution in [2.75, 3.05) is 20.2 Å². The maximum absolute atomic E-state index is 11.5. The number of carboxylic acids is 1. The van der Waals surface area contributed by atoms with Gasteiger partial charge in [-0.25, -0.2) is 4.79 Å². The van der Waals surface area contributed by atoms with Gasteiger partial charge >= 0.3 is 12.1 Å². The lowest BCUT2D eigenvalue weighted by atomic mass is 10.1. The highest BCUT2D eigenvalue weighted by Gasteiger charge is 2.24. The number of hydrogen-bond acceptors (Lipinski definition) is 5. The van der Waals surface area contributed by atoms with E-state index in [1.165, 1.54) is 0 Å². The van der Waals surface area contributed by atoms with Crippen LogP contribution < -0.4 is 5.32 Å². The summed E-state index contributed by atoms with van der Waals surface area (Å²) in [6.07, 6.45) is -0.893. The van der Waals surface area contributed by atoms with Crippen molar-refractivity contribution in [2.24, 2.45) is 0 Å². The Morgan fingerprint density at radius 3 is 2.22 bits per heavy atom. The van der Waals surface area contributed by atoms with Crippen LogP contribution in [0, 0.1) is 0 Å². The Bertz CT molecular complexity index is 322. The number of methoxy groups -OCH3 is 1. The number of carboxylic acid groups (broad SMARTS) is 1. The van der Waals surface area contributed by atoms with Crippen LogP contribution in [0.3, 0.4) is 0 Å². The number of nitrogens with zero attached hydrogens (tertiary/aromatic N) is 1. The summed E-state index contributed by atoms with van der Waals surface area (Å²) in [5.41, 5.74) is -0.372. The second kappa shape index (κ2) is 6.95. The van der Waals surface area contributed by atoms with E-state index in [0.29, 0.717) is 0 Å². The number of nitrogens with one attached hydrogen (secondary N) is 1. The molecule has 0 saturated carbocycles. The van der Waals surface area contributed by atoms with Gasteiger partial charge in [-0.3, -0.25) is 19.8 Å². The summed E-state index contributed by atoms with van der Waals surface area (Å²) < 4.78 is 4.30. The highest BCUT2D eigenvalue weighted by atomic mass is 16.5. The first-order chi connectivity index (χ1) is 8.16. The zero-order valence-electron chi connectivity index (χ0n) is 11.1. The summed E-state index contributed by atoms with van der Waals surface area (Å²) in [5, 5.41) is 10.7. The van der Waals surface area contributed by atoms with Crippen molar-refractivity contribution in [1.82, 2.24) is 10.2 Å². The van der Waals surface area contributed by atoms with Crippen molar-refractivity contribution in [3.8, 4) is 0 Å². The molecule has 0 aliphatic carbocycles. The second-order valence-electron chi connectivity index (χ2n) is 4.78. The van der Waals surface area contributed by atoms with Gasteiger partial charge in [-0.1, -0.05) is 0 Å². The third-order valence-corrected chi connectivity index (χ3v) is 2.31. The van der Waals surface area contributed by atoms with E-state index >= 15 is 0 Å². The van der Waals surface area contributed by atoms with Gasteiger partial charge in [-0.2, -0.15) is 0 Å². The van der Waals surface area contributed by atoms with Crippen LogP contribution in [0.5, 0.6) is 0 Å². The van der Waals surface area contributed by atoms with Gasteiger partial charge in [0, 0.05) is 12.1 Å². The molecule has 0 aromatic carbocycles. The Balaban J connectivity index is 4.45. The highest BCUT2D eigenvalue weighted by Crippen LogP contribution is 2.13. The van der Waals surface area contributed by atoms with Gasteiger partial charge in [-0.05, 0) is 20.8 Å². The molecule has 0 atom stereocenters. The Labute approximate surface area is 106 Å². The number of aliphatic carboxylic acids is 1. The molecule has 18 heavy (non-hydrogen) atoms. The maximum atomic E-state index is 11.5. The highest BCUT2D eigenvalue weighted by molar-refractivity contribution is 5.92. The van der Waals surface area contributed by atoms with E-state index in [0.717, 1.165) is 7.11 Å². The minimum Gasteiger partial charge on any atom is -0.481 e. The van der Waals surface area contributed by atoms with Crippen LogP contribution in [-0.4, -0.2) is 53.7 Å². The average Bonchev–Trinajstić information content (AvgIpc) is 2.21. The zero-order chi connectivity index (χ0) is 14.3. The Hall–Kier alpha value is -1.63. The van der Waals surface area contributed by atoms with E-state index in [9.17, 15) is 14.4 Å². The van der Waals surface area contributed by atoms with Crippen LogP contribution in [0.4, 0.5) is 4.79 Å². The molecular formula is C11H20N2O5. The molecule has 0 aliphatic heterocycles.